The standard InChI is InChI=1S/C22H19ClN2O3S/c1-14-19(21(27)28-13-15-5-3-2-4-6-15)20(16-7-9-17(23)10-8-16)25-18(26)11-12-29-22(25)24-14/h2-10,20H,11-13H2,1H3/t20-/m0/s1. The van der Waals surface area contributed by atoms with Gasteiger partial charge in [-0.2, -0.15) is 0 Å². The SMILES string of the molecule is CC1=C(C(=O)OCc2ccccc2)[C@H](c2ccc(Cl)cc2)N2C(=O)CCSC2=N1. The number of hydrogen-bond donors (Lipinski definition) is 0. The largest absolute Gasteiger partial charge is 0.457 e. The van der Waals surface area contributed by atoms with Crippen LogP contribution < -0.4 is 0 Å². The normalized spacial score (nSPS) is 19.0. The Hall–Kier alpha value is -2.57. The Morgan fingerprint density at radius 1 is 1.21 bits per heavy atom. The third-order valence-corrected chi connectivity index (χ3v) is 6.03. The van der Waals surface area contributed by atoms with Gasteiger partial charge in [0, 0.05) is 17.2 Å². The molecule has 0 bridgehead atoms. The van der Waals surface area contributed by atoms with Gasteiger partial charge in [0.15, 0.2) is 5.17 Å². The van der Waals surface area contributed by atoms with Crippen molar-refractivity contribution in [3.8, 4) is 0 Å². The molecular weight excluding hydrogens is 408 g/mol. The summed E-state index contributed by atoms with van der Waals surface area (Å²) in [5.74, 6) is 0.156. The van der Waals surface area contributed by atoms with Crippen LogP contribution in [0.25, 0.3) is 0 Å². The van der Waals surface area contributed by atoms with Gasteiger partial charge in [0.1, 0.15) is 6.61 Å². The van der Waals surface area contributed by atoms with Gasteiger partial charge in [0.2, 0.25) is 5.91 Å². The number of esters is 1. The maximum absolute atomic E-state index is 13.1. The Labute approximate surface area is 178 Å². The fraction of sp³-hybridized carbons (Fsp3) is 0.227. The molecule has 2 aliphatic rings. The molecule has 1 amide bonds. The van der Waals surface area contributed by atoms with Gasteiger partial charge in [-0.25, -0.2) is 9.79 Å². The molecular formula is C22H19ClN2O3S. The minimum Gasteiger partial charge on any atom is -0.457 e. The van der Waals surface area contributed by atoms with E-state index in [1.807, 2.05) is 42.5 Å². The summed E-state index contributed by atoms with van der Waals surface area (Å²) in [5.41, 5.74) is 2.63. The first-order valence-corrected chi connectivity index (χ1v) is 10.6. The lowest BCUT2D eigenvalue weighted by atomic mass is 9.94. The number of rotatable bonds is 4. The van der Waals surface area contributed by atoms with Crippen molar-refractivity contribution in [1.29, 1.82) is 0 Å². The number of fused-ring (bicyclic) bond motifs is 1. The van der Waals surface area contributed by atoms with Crippen molar-refractivity contribution < 1.29 is 14.3 Å². The zero-order valence-electron chi connectivity index (χ0n) is 15.8. The zero-order valence-corrected chi connectivity index (χ0v) is 17.4. The minimum atomic E-state index is -0.580. The summed E-state index contributed by atoms with van der Waals surface area (Å²) in [4.78, 5) is 32.0. The molecule has 29 heavy (non-hydrogen) atoms. The van der Waals surface area contributed by atoms with Crippen LogP contribution in [0.5, 0.6) is 0 Å². The summed E-state index contributed by atoms with van der Waals surface area (Å²) in [6.07, 6.45) is 0.402. The first-order chi connectivity index (χ1) is 14.0. The lowest BCUT2D eigenvalue weighted by molar-refractivity contribution is -0.141. The first kappa shape index (κ1) is 19.7. The average molecular weight is 427 g/mol. The highest BCUT2D eigenvalue weighted by Gasteiger charge is 2.41. The number of ether oxygens (including phenoxy) is 1. The van der Waals surface area contributed by atoms with E-state index >= 15 is 0 Å². The van der Waals surface area contributed by atoms with E-state index in [1.54, 1.807) is 24.0 Å². The molecule has 0 aromatic heterocycles. The van der Waals surface area contributed by atoms with Gasteiger partial charge in [-0.15, -0.1) is 0 Å². The molecule has 7 heteroatoms. The third-order valence-electron chi connectivity index (χ3n) is 4.83. The van der Waals surface area contributed by atoms with Gasteiger partial charge in [-0.05, 0) is 30.2 Å². The number of carbonyl (C=O) groups excluding carboxylic acids is 2. The Kier molecular flexibility index (Phi) is 5.74. The Balaban J connectivity index is 1.71. The van der Waals surface area contributed by atoms with Gasteiger partial charge in [0.25, 0.3) is 0 Å². The van der Waals surface area contributed by atoms with Crippen LogP contribution in [0.2, 0.25) is 5.02 Å². The van der Waals surface area contributed by atoms with E-state index in [0.717, 1.165) is 11.1 Å². The van der Waals surface area contributed by atoms with E-state index in [-0.39, 0.29) is 12.5 Å². The summed E-state index contributed by atoms with van der Waals surface area (Å²) in [6, 6.07) is 16.1. The molecule has 0 spiro atoms. The number of allylic oxidation sites excluding steroid dienone is 1. The maximum atomic E-state index is 13.1. The molecule has 0 aliphatic carbocycles. The number of aliphatic imine (C=N–C) groups is 1. The number of amides is 1. The number of nitrogens with zero attached hydrogens (tertiary/aromatic N) is 2. The van der Waals surface area contributed by atoms with Crippen molar-refractivity contribution >= 4 is 40.4 Å². The number of hydrogen-bond acceptors (Lipinski definition) is 5. The van der Waals surface area contributed by atoms with Crippen molar-refractivity contribution in [3.05, 3.63) is 82.0 Å². The second-order valence-corrected chi connectivity index (χ2v) is 8.27. The van der Waals surface area contributed by atoms with Crippen LogP contribution in [0.3, 0.4) is 0 Å². The second kappa shape index (κ2) is 8.43. The quantitative estimate of drug-likeness (QED) is 0.663. The molecule has 0 N–H and O–H groups in total. The van der Waals surface area contributed by atoms with Crippen molar-refractivity contribution in [3.63, 3.8) is 0 Å². The van der Waals surface area contributed by atoms with Crippen LogP contribution >= 0.6 is 23.4 Å². The molecule has 0 saturated carbocycles. The molecule has 0 unspecified atom stereocenters. The van der Waals surface area contributed by atoms with Gasteiger partial charge < -0.3 is 4.74 Å². The molecule has 2 heterocycles. The number of carbonyl (C=O) groups is 2. The average Bonchev–Trinajstić information content (AvgIpc) is 2.72. The van der Waals surface area contributed by atoms with Crippen LogP contribution in [-0.4, -0.2) is 27.7 Å². The van der Waals surface area contributed by atoms with Gasteiger partial charge in [-0.1, -0.05) is 65.8 Å². The van der Waals surface area contributed by atoms with Crippen molar-refractivity contribution in [2.45, 2.75) is 26.0 Å². The monoisotopic (exact) mass is 426 g/mol. The molecule has 2 aromatic rings. The molecule has 2 aromatic carbocycles. The van der Waals surface area contributed by atoms with E-state index < -0.39 is 12.0 Å². The Bertz CT molecular complexity index is 1000. The lowest BCUT2D eigenvalue weighted by Crippen LogP contribution is -2.45. The van der Waals surface area contributed by atoms with Crippen LogP contribution in [0.1, 0.15) is 30.5 Å². The first-order valence-electron chi connectivity index (χ1n) is 9.25. The lowest BCUT2D eigenvalue weighted by Gasteiger charge is -2.38. The van der Waals surface area contributed by atoms with Crippen molar-refractivity contribution in [2.24, 2.45) is 4.99 Å². The summed E-state index contributed by atoms with van der Waals surface area (Å²) in [7, 11) is 0. The van der Waals surface area contributed by atoms with Gasteiger partial charge in [-0.3, -0.25) is 9.69 Å². The molecule has 148 valence electrons. The van der Waals surface area contributed by atoms with Crippen molar-refractivity contribution in [2.75, 3.05) is 5.75 Å². The van der Waals surface area contributed by atoms with Crippen LogP contribution in [0.15, 0.2) is 70.9 Å². The fourth-order valence-corrected chi connectivity index (χ4v) is 4.55. The van der Waals surface area contributed by atoms with Crippen molar-refractivity contribution in [1.82, 2.24) is 4.90 Å². The predicted octanol–water partition coefficient (Wildman–Crippen LogP) is 4.73. The zero-order chi connectivity index (χ0) is 20.4. The van der Waals surface area contributed by atoms with E-state index in [4.69, 9.17) is 16.3 Å². The second-order valence-electron chi connectivity index (χ2n) is 6.77. The summed E-state index contributed by atoms with van der Waals surface area (Å²) >= 11 is 7.57. The molecule has 4 rings (SSSR count). The van der Waals surface area contributed by atoms with Gasteiger partial charge >= 0.3 is 5.97 Å². The molecule has 0 radical (unpaired) electrons. The molecule has 1 saturated heterocycles. The predicted molar refractivity (Wildman–Crippen MR) is 114 cm³/mol. The van der Waals surface area contributed by atoms with E-state index in [9.17, 15) is 9.59 Å². The van der Waals surface area contributed by atoms with Crippen LogP contribution in [-0.2, 0) is 20.9 Å². The summed E-state index contributed by atoms with van der Waals surface area (Å²) in [5, 5.41) is 1.21. The third kappa shape index (κ3) is 4.09. The molecule has 1 fully saturated rings. The minimum absolute atomic E-state index is 0.0525. The molecule has 2 aliphatic heterocycles. The van der Waals surface area contributed by atoms with E-state index in [2.05, 4.69) is 4.99 Å². The number of halogens is 1. The number of benzene rings is 2. The smallest absolute Gasteiger partial charge is 0.338 e. The topological polar surface area (TPSA) is 59.0 Å². The highest BCUT2D eigenvalue weighted by atomic mass is 35.5. The van der Waals surface area contributed by atoms with Gasteiger partial charge in [0.05, 0.1) is 17.3 Å². The highest BCUT2D eigenvalue weighted by molar-refractivity contribution is 8.14. The van der Waals surface area contributed by atoms with E-state index in [0.29, 0.717) is 33.6 Å². The van der Waals surface area contributed by atoms with E-state index in [1.165, 1.54) is 11.8 Å². The molecule has 1 atom stereocenters. The fourth-order valence-electron chi connectivity index (χ4n) is 3.42. The molecule has 5 nitrogen and oxygen atoms in total. The highest BCUT2D eigenvalue weighted by Crippen LogP contribution is 2.40. The summed E-state index contributed by atoms with van der Waals surface area (Å²) < 4.78 is 5.59. The maximum Gasteiger partial charge on any atom is 0.338 e. The number of amidine groups is 1. The summed E-state index contributed by atoms with van der Waals surface area (Å²) in [6.45, 7) is 1.94. The van der Waals surface area contributed by atoms with Crippen LogP contribution in [0, 0.1) is 0 Å². The Morgan fingerprint density at radius 2 is 1.93 bits per heavy atom. The Morgan fingerprint density at radius 3 is 2.66 bits per heavy atom. The van der Waals surface area contributed by atoms with Crippen LogP contribution in [0.4, 0.5) is 0 Å². The number of thioether (sulfide) groups is 1.